The van der Waals surface area contributed by atoms with Gasteiger partial charge in [0.25, 0.3) is 0 Å². The first-order valence-corrected chi connectivity index (χ1v) is 17.6. The molecule has 1 aliphatic rings. The van der Waals surface area contributed by atoms with Crippen molar-refractivity contribution in [2.75, 3.05) is 45.1 Å². The lowest BCUT2D eigenvalue weighted by molar-refractivity contribution is -0.907. The summed E-state index contributed by atoms with van der Waals surface area (Å²) in [6, 6.07) is 13.0. The molecule has 268 valence electrons. The summed E-state index contributed by atoms with van der Waals surface area (Å²) in [4.78, 5) is 27.2. The molecule has 0 saturated heterocycles. The summed E-state index contributed by atoms with van der Waals surface area (Å²) >= 11 is 0. The van der Waals surface area contributed by atoms with Crippen LogP contribution in [0.5, 0.6) is 0 Å². The molecule has 3 aromatic rings. The number of aromatic nitrogens is 1. The van der Waals surface area contributed by atoms with Gasteiger partial charge in [0.2, 0.25) is 17.3 Å². The van der Waals surface area contributed by atoms with Crippen molar-refractivity contribution in [3.05, 3.63) is 71.9 Å². The number of benzene rings is 2. The Morgan fingerprint density at radius 2 is 1.61 bits per heavy atom. The summed E-state index contributed by atoms with van der Waals surface area (Å²) in [5.41, 5.74) is 19.3. The number of quaternary nitrogens is 1. The monoisotopic (exact) mass is 685 g/mol. The number of fused-ring (bicyclic) bond motifs is 1. The third kappa shape index (κ3) is 11.5. The Labute approximate surface area is 288 Å². The first-order valence-electron chi connectivity index (χ1n) is 17.6. The van der Waals surface area contributed by atoms with Gasteiger partial charge in [-0.15, -0.1) is 0 Å². The summed E-state index contributed by atoms with van der Waals surface area (Å²) in [6.07, 6.45) is 5.73. The summed E-state index contributed by atoms with van der Waals surface area (Å²) in [5.74, 6) is -0.170. The van der Waals surface area contributed by atoms with Crippen LogP contribution in [0, 0.1) is 5.92 Å². The van der Waals surface area contributed by atoms with E-state index in [-0.39, 0.29) is 11.8 Å². The molecule has 1 aliphatic carbocycles. The number of likely N-dealkylation sites (N-methyl/N-ethyl adjacent to an activating group) is 1. The van der Waals surface area contributed by atoms with E-state index in [2.05, 4.69) is 17.7 Å². The van der Waals surface area contributed by atoms with E-state index in [1.54, 1.807) is 6.20 Å². The third-order valence-corrected chi connectivity index (χ3v) is 9.86. The van der Waals surface area contributed by atoms with Crippen molar-refractivity contribution in [1.82, 2.24) is 5.32 Å². The summed E-state index contributed by atoms with van der Waals surface area (Å²) < 4.78 is 42.0. The summed E-state index contributed by atoms with van der Waals surface area (Å²) in [6.45, 7) is 3.78. The van der Waals surface area contributed by atoms with Crippen LogP contribution in [0.2, 0.25) is 0 Å². The van der Waals surface area contributed by atoms with Crippen molar-refractivity contribution in [2.24, 2.45) is 23.1 Å². The zero-order valence-electron chi connectivity index (χ0n) is 28.7. The molecule has 1 fully saturated rings. The number of carbonyl (C=O) groups excluding carboxylic acids is 2. The van der Waals surface area contributed by atoms with Crippen molar-refractivity contribution in [3.63, 3.8) is 0 Å². The molecule has 1 aromatic heterocycles. The fourth-order valence-electron chi connectivity index (χ4n) is 6.95. The van der Waals surface area contributed by atoms with Gasteiger partial charge in [-0.1, -0.05) is 56.4 Å². The number of pyridine rings is 1. The van der Waals surface area contributed by atoms with Gasteiger partial charge in [-0.3, -0.25) is 9.59 Å². The quantitative estimate of drug-likeness (QED) is 0.106. The molecule has 2 aromatic carbocycles. The average Bonchev–Trinajstić information content (AvgIpc) is 3.07. The molecule has 0 aliphatic heterocycles. The standard InChI is InChI=1S/C37H52F3N7O2/c1-47(22-19-41,23-20-42)21-7-11-32(43)35(48)45-33(18-15-27-8-3-2-4-9-27)36(49)44-31-24-29-10-5-6-12-34(29)46(26-31)25-28-13-16-30(17-14-28)37(38,39)40/h5-6,10,12-14,16-17,24,26-27,32-33H,2-4,7-9,11,15,18-23,25,41-43H2,1H3/p+2/t32-,33-/m0/s1. The fourth-order valence-corrected chi connectivity index (χ4v) is 6.95. The number of alkyl halides is 3. The van der Waals surface area contributed by atoms with Crippen LogP contribution >= 0.6 is 0 Å². The minimum Gasteiger partial charge on any atom is -0.343 e. The molecule has 0 spiro atoms. The minimum atomic E-state index is -4.41. The molecule has 0 radical (unpaired) electrons. The zero-order chi connectivity index (χ0) is 35.4. The number of carbonyl (C=O) groups is 2. The summed E-state index contributed by atoms with van der Waals surface area (Å²) in [5, 5.41) is 6.84. The molecular weight excluding hydrogens is 631 g/mol. The Morgan fingerprint density at radius 1 is 0.939 bits per heavy atom. The predicted molar refractivity (Wildman–Crippen MR) is 187 cm³/mol. The maximum Gasteiger partial charge on any atom is 0.416 e. The number of hydrogen-bond donors (Lipinski definition) is 5. The van der Waals surface area contributed by atoms with Crippen molar-refractivity contribution in [2.45, 2.75) is 82.6 Å². The molecule has 0 bridgehead atoms. The first kappa shape index (κ1) is 38.2. The maximum absolute atomic E-state index is 13.9. The van der Waals surface area contributed by atoms with E-state index in [1.807, 2.05) is 34.9 Å². The topological polar surface area (TPSA) is 140 Å². The number of nitrogens with zero attached hydrogens (tertiary/aromatic N) is 2. The van der Waals surface area contributed by atoms with Gasteiger partial charge in [0.05, 0.1) is 38.3 Å². The molecule has 1 saturated carbocycles. The lowest BCUT2D eigenvalue weighted by Crippen LogP contribution is -2.52. The smallest absolute Gasteiger partial charge is 0.343 e. The Hall–Kier alpha value is -3.58. The third-order valence-electron chi connectivity index (χ3n) is 9.86. The Bertz CT molecular complexity index is 1500. The number of rotatable bonds is 17. The number of para-hydroxylation sites is 1. The number of nitrogens with two attached hydrogens (primary N) is 3. The van der Waals surface area contributed by atoms with Crippen LogP contribution in [-0.2, 0) is 22.3 Å². The highest BCUT2D eigenvalue weighted by atomic mass is 19.4. The molecule has 8 N–H and O–H groups in total. The SMILES string of the molecule is C[N+](CCN)(CCN)CCC[C@H](N)C(=O)N[C@@H](CCC1CCCCC1)C(=O)Nc1cc2ccccc2[n+](Cc2ccc(C(F)(F)F)cc2)c1. The van der Waals surface area contributed by atoms with Crippen LogP contribution in [-0.4, -0.2) is 68.2 Å². The van der Waals surface area contributed by atoms with E-state index in [0.717, 1.165) is 72.8 Å². The highest BCUT2D eigenvalue weighted by Gasteiger charge is 2.30. The highest BCUT2D eigenvalue weighted by Crippen LogP contribution is 2.30. The van der Waals surface area contributed by atoms with Gasteiger partial charge < -0.3 is 32.3 Å². The number of nitrogens with one attached hydrogen (secondary N) is 2. The largest absolute Gasteiger partial charge is 0.416 e. The van der Waals surface area contributed by atoms with E-state index >= 15 is 0 Å². The van der Waals surface area contributed by atoms with Crippen LogP contribution in [0.3, 0.4) is 0 Å². The van der Waals surface area contributed by atoms with Gasteiger partial charge in [-0.2, -0.15) is 17.7 Å². The van der Waals surface area contributed by atoms with Crippen LogP contribution in [0.4, 0.5) is 18.9 Å². The fraction of sp³-hybridized carbons (Fsp3) is 0.541. The van der Waals surface area contributed by atoms with Crippen molar-refractivity contribution in [3.8, 4) is 0 Å². The van der Waals surface area contributed by atoms with E-state index in [1.165, 1.54) is 31.4 Å². The van der Waals surface area contributed by atoms with Gasteiger partial charge in [0.15, 0.2) is 12.7 Å². The lowest BCUT2D eigenvalue weighted by atomic mass is 9.85. The van der Waals surface area contributed by atoms with Crippen LogP contribution in [0.1, 0.15) is 68.9 Å². The van der Waals surface area contributed by atoms with E-state index in [0.29, 0.717) is 49.6 Å². The molecule has 49 heavy (non-hydrogen) atoms. The van der Waals surface area contributed by atoms with Crippen LogP contribution < -0.4 is 32.4 Å². The lowest BCUT2D eigenvalue weighted by Gasteiger charge is -2.34. The summed E-state index contributed by atoms with van der Waals surface area (Å²) in [7, 11) is 2.11. The molecule has 2 amide bonds. The second-order valence-corrected chi connectivity index (χ2v) is 13.9. The molecule has 2 atom stereocenters. The van der Waals surface area contributed by atoms with Gasteiger partial charge in [-0.05, 0) is 55.9 Å². The average molecular weight is 686 g/mol. The minimum absolute atomic E-state index is 0.299. The molecule has 1 heterocycles. The molecule has 9 nitrogen and oxygen atoms in total. The molecule has 0 unspecified atom stereocenters. The first-order chi connectivity index (χ1) is 23.4. The zero-order valence-corrected chi connectivity index (χ0v) is 28.7. The van der Waals surface area contributed by atoms with Crippen LogP contribution in [0.15, 0.2) is 60.8 Å². The van der Waals surface area contributed by atoms with Gasteiger partial charge in [0, 0.05) is 30.1 Å². The maximum atomic E-state index is 13.9. The molecule has 12 heteroatoms. The van der Waals surface area contributed by atoms with Gasteiger partial charge in [-0.25, -0.2) is 0 Å². The van der Waals surface area contributed by atoms with Crippen LogP contribution in [0.25, 0.3) is 10.9 Å². The number of amides is 2. The second kappa shape index (κ2) is 17.9. The molecule has 4 rings (SSSR count). The number of anilines is 1. The van der Waals surface area contributed by atoms with Gasteiger partial charge >= 0.3 is 6.18 Å². The Kier molecular flexibility index (Phi) is 14.0. The molecular formula is C37H54F3N7O2+2. The number of halogens is 3. The van der Waals surface area contributed by atoms with E-state index < -0.39 is 23.8 Å². The Morgan fingerprint density at radius 3 is 2.27 bits per heavy atom. The normalized spacial score (nSPS) is 15.6. The Balaban J connectivity index is 1.48. The van der Waals surface area contributed by atoms with Gasteiger partial charge in [0.1, 0.15) is 11.7 Å². The number of hydrogen-bond acceptors (Lipinski definition) is 5. The van der Waals surface area contributed by atoms with E-state index in [4.69, 9.17) is 17.2 Å². The van der Waals surface area contributed by atoms with Crippen molar-refractivity contribution in [1.29, 1.82) is 0 Å². The van der Waals surface area contributed by atoms with Crippen molar-refractivity contribution < 1.29 is 31.8 Å². The van der Waals surface area contributed by atoms with E-state index in [9.17, 15) is 22.8 Å². The highest BCUT2D eigenvalue weighted by molar-refractivity contribution is 5.98. The predicted octanol–water partition coefficient (Wildman–Crippen LogP) is 4.45. The second-order valence-electron chi connectivity index (χ2n) is 13.9. The van der Waals surface area contributed by atoms with Crippen molar-refractivity contribution >= 4 is 28.4 Å².